The highest BCUT2D eigenvalue weighted by Gasteiger charge is 2.59. The Morgan fingerprint density at radius 2 is 1.55 bits per heavy atom. The van der Waals surface area contributed by atoms with Gasteiger partial charge in [0.2, 0.25) is 11.8 Å². The monoisotopic (exact) mass is 435 g/mol. The van der Waals surface area contributed by atoms with Crippen molar-refractivity contribution in [2.75, 3.05) is 11.5 Å². The zero-order valence-electron chi connectivity index (χ0n) is 16.4. The van der Waals surface area contributed by atoms with Gasteiger partial charge in [-0.2, -0.15) is 0 Å². The van der Waals surface area contributed by atoms with Crippen LogP contribution in [0.3, 0.4) is 0 Å². The molecular weight excluding hydrogens is 418 g/mol. The van der Waals surface area contributed by atoms with Crippen LogP contribution in [0.1, 0.15) is 27.1 Å². The lowest BCUT2D eigenvalue weighted by atomic mass is 9.85. The number of rotatable bonds is 5. The van der Waals surface area contributed by atoms with Crippen LogP contribution in [0.2, 0.25) is 5.02 Å². The lowest BCUT2D eigenvalue weighted by molar-refractivity contribution is -0.123. The number of imide groups is 1. The zero-order chi connectivity index (χ0) is 21.7. The first-order chi connectivity index (χ1) is 15.0. The number of benzene rings is 2. The van der Waals surface area contributed by atoms with E-state index in [1.165, 1.54) is 6.07 Å². The maximum absolute atomic E-state index is 13.1. The summed E-state index contributed by atoms with van der Waals surface area (Å²) in [5.41, 5.74) is 0.648. The summed E-state index contributed by atoms with van der Waals surface area (Å²) in [6, 6.07) is 12.6. The molecule has 2 fully saturated rings. The number of hydrogen-bond acceptors (Lipinski definition) is 5. The van der Waals surface area contributed by atoms with Crippen LogP contribution < -0.4 is 4.90 Å². The largest absolute Gasteiger partial charge is 0.454 e. The maximum Gasteiger partial charge on any atom is 0.340 e. The van der Waals surface area contributed by atoms with Crippen molar-refractivity contribution < 1.29 is 23.9 Å². The fourth-order valence-corrected chi connectivity index (χ4v) is 5.03. The van der Waals surface area contributed by atoms with Crippen LogP contribution >= 0.6 is 11.6 Å². The maximum atomic E-state index is 13.1. The number of amides is 2. The molecule has 3 aliphatic rings. The number of hydrogen-bond donors (Lipinski definition) is 0. The van der Waals surface area contributed by atoms with Crippen LogP contribution in [0.5, 0.6) is 0 Å². The molecule has 2 aromatic rings. The third-order valence-electron chi connectivity index (χ3n) is 6.34. The summed E-state index contributed by atoms with van der Waals surface area (Å²) in [4.78, 5) is 52.4. The lowest BCUT2D eigenvalue weighted by Gasteiger charge is -2.19. The van der Waals surface area contributed by atoms with Crippen molar-refractivity contribution in [3.8, 4) is 0 Å². The molecule has 1 saturated heterocycles. The molecular formula is C24H18ClNO5. The quantitative estimate of drug-likeness (QED) is 0.309. The molecule has 31 heavy (non-hydrogen) atoms. The van der Waals surface area contributed by atoms with Crippen LogP contribution in [-0.2, 0) is 14.3 Å². The van der Waals surface area contributed by atoms with E-state index in [2.05, 4.69) is 0 Å². The molecule has 2 aromatic carbocycles. The number of ether oxygens (including phenoxy) is 1. The highest BCUT2D eigenvalue weighted by Crippen LogP contribution is 2.53. The molecule has 1 aliphatic heterocycles. The van der Waals surface area contributed by atoms with Crippen LogP contribution in [0.15, 0.2) is 60.7 Å². The third kappa shape index (κ3) is 3.18. The van der Waals surface area contributed by atoms with Gasteiger partial charge in [0.05, 0.1) is 23.1 Å². The Balaban J connectivity index is 1.35. The van der Waals surface area contributed by atoms with Crippen molar-refractivity contribution in [3.63, 3.8) is 0 Å². The molecule has 0 radical (unpaired) electrons. The van der Waals surface area contributed by atoms with Gasteiger partial charge < -0.3 is 4.74 Å². The summed E-state index contributed by atoms with van der Waals surface area (Å²) in [6.07, 6.45) is 4.86. The molecule has 1 saturated carbocycles. The number of esters is 1. The predicted octanol–water partition coefficient (Wildman–Crippen LogP) is 3.69. The second-order valence-corrected chi connectivity index (χ2v) is 8.47. The molecule has 1 heterocycles. The molecule has 0 N–H and O–H groups in total. The van der Waals surface area contributed by atoms with E-state index >= 15 is 0 Å². The molecule has 156 valence electrons. The number of ketones is 1. The average Bonchev–Trinajstić information content (AvgIpc) is 3.46. The van der Waals surface area contributed by atoms with Gasteiger partial charge in [0.25, 0.3) is 0 Å². The molecule has 5 rings (SSSR count). The Morgan fingerprint density at radius 3 is 2.19 bits per heavy atom. The number of carbonyl (C=O) groups excluding carboxylic acids is 4. The number of para-hydroxylation sites is 1. The van der Waals surface area contributed by atoms with Crippen molar-refractivity contribution in [1.82, 2.24) is 0 Å². The van der Waals surface area contributed by atoms with E-state index in [-0.39, 0.29) is 52.5 Å². The van der Waals surface area contributed by atoms with Gasteiger partial charge in [-0.3, -0.25) is 14.4 Å². The van der Waals surface area contributed by atoms with Crippen LogP contribution in [-0.4, -0.2) is 30.2 Å². The minimum absolute atomic E-state index is 0.0764. The first-order valence-electron chi connectivity index (χ1n) is 10.1. The van der Waals surface area contributed by atoms with Gasteiger partial charge in [-0.25, -0.2) is 9.69 Å². The Kier molecular flexibility index (Phi) is 4.74. The minimum Gasteiger partial charge on any atom is -0.454 e. The number of nitrogens with zero attached hydrogens (tertiary/aromatic N) is 1. The number of anilines is 1. The van der Waals surface area contributed by atoms with E-state index < -0.39 is 12.6 Å². The van der Waals surface area contributed by atoms with Gasteiger partial charge in [0.1, 0.15) is 0 Å². The van der Waals surface area contributed by atoms with E-state index in [0.717, 1.165) is 11.3 Å². The Bertz CT molecular complexity index is 1110. The summed E-state index contributed by atoms with van der Waals surface area (Å²) in [5, 5.41) is 0.496. The number of fused-ring (bicyclic) bond motifs is 5. The van der Waals surface area contributed by atoms with E-state index in [1.54, 1.807) is 42.5 Å². The molecule has 7 heteroatoms. The molecule has 2 amide bonds. The third-order valence-corrected chi connectivity index (χ3v) is 6.59. The summed E-state index contributed by atoms with van der Waals surface area (Å²) in [7, 11) is 0. The minimum atomic E-state index is -0.767. The van der Waals surface area contributed by atoms with Crippen molar-refractivity contribution >= 4 is 40.9 Å². The highest BCUT2D eigenvalue weighted by molar-refractivity contribution is 6.30. The normalized spacial score (nSPS) is 25.8. The fourth-order valence-electron chi connectivity index (χ4n) is 4.91. The molecule has 4 atom stereocenters. The Morgan fingerprint density at radius 1 is 0.935 bits per heavy atom. The number of halogens is 1. The first kappa shape index (κ1) is 19.7. The second kappa shape index (κ2) is 7.46. The van der Waals surface area contributed by atoms with Gasteiger partial charge >= 0.3 is 5.97 Å². The molecule has 0 spiro atoms. The molecule has 0 aromatic heterocycles. The average molecular weight is 436 g/mol. The van der Waals surface area contributed by atoms with Gasteiger partial charge in [0.15, 0.2) is 12.4 Å². The topological polar surface area (TPSA) is 80.8 Å². The van der Waals surface area contributed by atoms with Gasteiger partial charge in [-0.1, -0.05) is 35.9 Å². The van der Waals surface area contributed by atoms with E-state index in [1.807, 2.05) is 12.2 Å². The van der Waals surface area contributed by atoms with Crippen molar-refractivity contribution in [3.05, 3.63) is 76.8 Å². The van der Waals surface area contributed by atoms with Crippen molar-refractivity contribution in [2.45, 2.75) is 6.42 Å². The molecule has 2 bridgehead atoms. The SMILES string of the molecule is O=C(COC(=O)c1ccccc1N1C(=O)[C@@H]2[C@@H](C1=O)[C@H]1C=C[C@H]2C1)c1ccc(Cl)cc1. The zero-order valence-corrected chi connectivity index (χ0v) is 17.1. The Hall–Kier alpha value is -3.25. The number of carbonyl (C=O) groups is 4. The highest BCUT2D eigenvalue weighted by atomic mass is 35.5. The fraction of sp³-hybridized carbons (Fsp3) is 0.250. The van der Waals surface area contributed by atoms with Crippen molar-refractivity contribution in [1.29, 1.82) is 0 Å². The second-order valence-electron chi connectivity index (χ2n) is 8.04. The number of Topliss-reactive ketones (excluding diaryl/α,β-unsaturated/α-hetero) is 1. The Labute approximate surface area is 183 Å². The summed E-state index contributed by atoms with van der Waals surface area (Å²) in [5.74, 6) is -2.27. The smallest absolute Gasteiger partial charge is 0.340 e. The summed E-state index contributed by atoms with van der Waals surface area (Å²) >= 11 is 5.82. The molecule has 6 nitrogen and oxygen atoms in total. The standard InChI is InChI=1S/C24H18ClNO5/c25-16-9-7-13(8-10-16)19(27)12-31-24(30)17-3-1-2-4-18(17)26-22(28)20-14-5-6-15(11-14)21(20)23(26)29/h1-10,14-15,20-21H,11-12H2/t14-,15-,20-,21-/m0/s1. The number of allylic oxidation sites excluding steroid dienone is 2. The first-order valence-corrected chi connectivity index (χ1v) is 10.4. The summed E-state index contributed by atoms with van der Waals surface area (Å²) in [6.45, 7) is -0.462. The van der Waals surface area contributed by atoms with Crippen LogP contribution in [0, 0.1) is 23.7 Å². The predicted molar refractivity (Wildman–Crippen MR) is 113 cm³/mol. The van der Waals surface area contributed by atoms with E-state index in [4.69, 9.17) is 16.3 Å². The van der Waals surface area contributed by atoms with Gasteiger partial charge in [-0.15, -0.1) is 0 Å². The lowest BCUT2D eigenvalue weighted by Crippen LogP contribution is -2.34. The van der Waals surface area contributed by atoms with Gasteiger partial charge in [0, 0.05) is 10.6 Å². The van der Waals surface area contributed by atoms with Crippen LogP contribution in [0.4, 0.5) is 5.69 Å². The van der Waals surface area contributed by atoms with Gasteiger partial charge in [-0.05, 0) is 54.7 Å². The van der Waals surface area contributed by atoms with Crippen molar-refractivity contribution in [2.24, 2.45) is 23.7 Å². The van der Waals surface area contributed by atoms with E-state index in [0.29, 0.717) is 10.6 Å². The molecule has 0 unspecified atom stereocenters. The summed E-state index contributed by atoms with van der Waals surface area (Å²) < 4.78 is 5.21. The van der Waals surface area contributed by atoms with E-state index in [9.17, 15) is 19.2 Å². The van der Waals surface area contributed by atoms with Crippen LogP contribution in [0.25, 0.3) is 0 Å². The molecule has 2 aliphatic carbocycles.